The number of furan rings is 1. The fraction of sp³-hybridized carbons (Fsp3) is 0.0333. The van der Waals surface area contributed by atoms with Crippen LogP contribution in [0.5, 0.6) is 0 Å². The second-order valence-corrected chi connectivity index (χ2v) is 12.6. The van der Waals surface area contributed by atoms with Crippen molar-refractivity contribution in [3.63, 3.8) is 0 Å². The van der Waals surface area contributed by atoms with Crippen LogP contribution in [0.25, 0.3) is 33.2 Å². The second kappa shape index (κ2) is 7.87. The molecule has 2 heterocycles. The van der Waals surface area contributed by atoms with Gasteiger partial charge in [0.2, 0.25) is 0 Å². The number of rotatable bonds is 4. The van der Waals surface area contributed by atoms with Crippen LogP contribution in [0.2, 0.25) is 6.55 Å². The number of hydrogen-bond acceptors (Lipinski definition) is 2. The first kappa shape index (κ1) is 19.7. The summed E-state index contributed by atoms with van der Waals surface area (Å²) in [5.74, 6) is 0. The van der Waals surface area contributed by atoms with Gasteiger partial charge in [-0.05, 0) is 45.9 Å². The molecule has 0 atom stereocenters. The second-order valence-electron chi connectivity index (χ2n) is 8.60. The highest BCUT2D eigenvalue weighted by molar-refractivity contribution is 7.10. The zero-order valence-electron chi connectivity index (χ0n) is 18.4. The molecule has 6 aromatic rings. The maximum Gasteiger partial charge on any atom is 0.147 e. The van der Waals surface area contributed by atoms with Crippen LogP contribution < -0.4 is 15.6 Å². The molecule has 0 N–H and O–H groups in total. The predicted octanol–water partition coefficient (Wildman–Crippen LogP) is 5.75. The summed E-state index contributed by atoms with van der Waals surface area (Å²) in [6.45, 7) is 2.41. The molecular weight excluding hydrogens is 418 g/mol. The summed E-state index contributed by atoms with van der Waals surface area (Å²) in [6.07, 6.45) is 2.08. The number of aromatic nitrogens is 1. The molecule has 158 valence electrons. The van der Waals surface area contributed by atoms with Crippen molar-refractivity contribution < 1.29 is 4.42 Å². The molecule has 33 heavy (non-hydrogen) atoms. The zero-order valence-corrected chi connectivity index (χ0v) is 19.4. The Morgan fingerprint density at radius 1 is 0.576 bits per heavy atom. The maximum atomic E-state index is 5.99. The van der Waals surface area contributed by atoms with Gasteiger partial charge in [-0.1, -0.05) is 91.5 Å². The molecule has 0 amide bonds. The van der Waals surface area contributed by atoms with Crippen molar-refractivity contribution in [2.24, 2.45) is 0 Å². The summed E-state index contributed by atoms with van der Waals surface area (Å²) >= 11 is 0. The monoisotopic (exact) mass is 441 g/mol. The lowest BCUT2D eigenvalue weighted by Gasteiger charge is -2.29. The zero-order chi connectivity index (χ0) is 22.3. The first-order valence-electron chi connectivity index (χ1n) is 11.2. The van der Waals surface area contributed by atoms with E-state index in [-0.39, 0.29) is 0 Å². The van der Waals surface area contributed by atoms with Crippen molar-refractivity contribution >= 4 is 45.6 Å². The normalized spacial score (nSPS) is 11.8. The van der Waals surface area contributed by atoms with Crippen molar-refractivity contribution in [3.8, 4) is 11.3 Å². The van der Waals surface area contributed by atoms with E-state index < -0.39 is 8.07 Å². The van der Waals surface area contributed by atoms with Gasteiger partial charge in [-0.25, -0.2) is 0 Å². The molecule has 0 radical (unpaired) electrons. The summed E-state index contributed by atoms with van der Waals surface area (Å²) in [5, 5.41) is 6.34. The number of fused-ring (bicyclic) bond motifs is 3. The van der Waals surface area contributed by atoms with Gasteiger partial charge in [-0.3, -0.25) is 4.98 Å². The predicted molar refractivity (Wildman–Crippen MR) is 140 cm³/mol. The molecule has 2 aromatic heterocycles. The Kier molecular flexibility index (Phi) is 4.70. The van der Waals surface area contributed by atoms with E-state index >= 15 is 0 Å². The van der Waals surface area contributed by atoms with E-state index in [9.17, 15) is 0 Å². The molecule has 0 aliphatic heterocycles. The molecule has 6 rings (SSSR count). The first-order chi connectivity index (χ1) is 16.2. The summed E-state index contributed by atoms with van der Waals surface area (Å²) in [4.78, 5) is 4.94. The highest BCUT2D eigenvalue weighted by Gasteiger charge is 2.34. The Morgan fingerprint density at radius 2 is 1.21 bits per heavy atom. The SMILES string of the molecule is C[Si](c1ccccc1)(c1ccccc1)c1ccc(-c2ccc3oc4ccccc4c3c2)nc1. The largest absolute Gasteiger partial charge is 0.456 e. The Morgan fingerprint density at radius 3 is 1.88 bits per heavy atom. The third-order valence-electron chi connectivity index (χ3n) is 6.72. The molecule has 0 aliphatic rings. The van der Waals surface area contributed by atoms with Gasteiger partial charge in [-0.15, -0.1) is 0 Å². The van der Waals surface area contributed by atoms with Crippen molar-refractivity contribution in [2.45, 2.75) is 6.55 Å². The fourth-order valence-corrected chi connectivity index (χ4v) is 8.25. The molecule has 0 saturated carbocycles. The molecule has 0 spiro atoms. The minimum atomic E-state index is -2.15. The molecular formula is C30H23NOSi. The van der Waals surface area contributed by atoms with E-state index in [1.54, 1.807) is 0 Å². The third-order valence-corrected chi connectivity index (χ3v) is 11.1. The van der Waals surface area contributed by atoms with E-state index in [1.165, 1.54) is 15.6 Å². The van der Waals surface area contributed by atoms with Gasteiger partial charge in [0, 0.05) is 22.5 Å². The van der Waals surface area contributed by atoms with Crippen LogP contribution in [0.4, 0.5) is 0 Å². The Bertz CT molecular complexity index is 1510. The van der Waals surface area contributed by atoms with Gasteiger partial charge in [0.15, 0.2) is 0 Å². The van der Waals surface area contributed by atoms with Gasteiger partial charge in [0.05, 0.1) is 5.69 Å². The van der Waals surface area contributed by atoms with Crippen LogP contribution in [-0.4, -0.2) is 13.1 Å². The number of para-hydroxylation sites is 1. The number of benzene rings is 4. The van der Waals surface area contributed by atoms with Crippen LogP contribution in [0.1, 0.15) is 0 Å². The standard InChI is InChI=1S/C30H23NOSi/c1-33(23-10-4-2-5-11-23,24-12-6-3-7-13-24)25-17-18-28(31-21-25)22-16-19-30-27(20-22)26-14-8-9-15-29(26)32-30/h2-21H,1H3. The van der Waals surface area contributed by atoms with E-state index in [1.807, 2.05) is 18.2 Å². The molecule has 0 bridgehead atoms. The average Bonchev–Trinajstić information content (AvgIpc) is 3.27. The Hall–Kier alpha value is -3.95. The molecule has 0 unspecified atom stereocenters. The summed E-state index contributed by atoms with van der Waals surface area (Å²) in [5.41, 5.74) is 3.90. The summed E-state index contributed by atoms with van der Waals surface area (Å²) < 4.78 is 5.99. The number of nitrogens with zero attached hydrogens (tertiary/aromatic N) is 1. The molecule has 3 heteroatoms. The van der Waals surface area contributed by atoms with E-state index in [0.717, 1.165) is 33.2 Å². The highest BCUT2D eigenvalue weighted by Crippen LogP contribution is 2.31. The quantitative estimate of drug-likeness (QED) is 0.326. The molecule has 4 aromatic carbocycles. The van der Waals surface area contributed by atoms with Gasteiger partial charge in [0.25, 0.3) is 0 Å². The van der Waals surface area contributed by atoms with Crippen LogP contribution in [0.3, 0.4) is 0 Å². The smallest absolute Gasteiger partial charge is 0.147 e. The number of pyridine rings is 1. The Balaban J connectivity index is 1.45. The van der Waals surface area contributed by atoms with Gasteiger partial charge < -0.3 is 4.42 Å². The third kappa shape index (κ3) is 3.29. The lowest BCUT2D eigenvalue weighted by atomic mass is 10.1. The Labute approximate surface area is 194 Å². The van der Waals surface area contributed by atoms with Crippen molar-refractivity contribution in [3.05, 3.63) is 121 Å². The lowest BCUT2D eigenvalue weighted by Crippen LogP contribution is -2.64. The fourth-order valence-electron chi connectivity index (χ4n) is 4.79. The van der Waals surface area contributed by atoms with E-state index in [4.69, 9.17) is 9.40 Å². The van der Waals surface area contributed by atoms with Crippen molar-refractivity contribution in [1.29, 1.82) is 0 Å². The molecule has 0 aliphatic carbocycles. The molecule has 0 saturated heterocycles. The minimum absolute atomic E-state index is 0.907. The van der Waals surface area contributed by atoms with Crippen LogP contribution in [-0.2, 0) is 0 Å². The number of hydrogen-bond donors (Lipinski definition) is 0. The van der Waals surface area contributed by atoms with Gasteiger partial charge >= 0.3 is 0 Å². The summed E-state index contributed by atoms with van der Waals surface area (Å²) in [6, 6.07) is 40.7. The lowest BCUT2D eigenvalue weighted by molar-refractivity contribution is 0.669. The van der Waals surface area contributed by atoms with Gasteiger partial charge in [-0.2, -0.15) is 0 Å². The molecule has 0 fully saturated rings. The van der Waals surface area contributed by atoms with Crippen LogP contribution in [0.15, 0.2) is 126 Å². The van der Waals surface area contributed by atoms with Gasteiger partial charge in [0.1, 0.15) is 19.2 Å². The van der Waals surface area contributed by atoms with E-state index in [2.05, 4.69) is 110 Å². The average molecular weight is 442 g/mol. The molecule has 2 nitrogen and oxygen atoms in total. The topological polar surface area (TPSA) is 26.0 Å². The van der Waals surface area contributed by atoms with E-state index in [0.29, 0.717) is 0 Å². The minimum Gasteiger partial charge on any atom is -0.456 e. The summed E-state index contributed by atoms with van der Waals surface area (Å²) in [7, 11) is -2.15. The highest BCUT2D eigenvalue weighted by atomic mass is 28.3. The van der Waals surface area contributed by atoms with Crippen LogP contribution >= 0.6 is 0 Å². The van der Waals surface area contributed by atoms with Crippen molar-refractivity contribution in [1.82, 2.24) is 4.98 Å². The van der Waals surface area contributed by atoms with Crippen molar-refractivity contribution in [2.75, 3.05) is 0 Å². The van der Waals surface area contributed by atoms with Crippen LogP contribution in [0, 0.1) is 0 Å². The first-order valence-corrected chi connectivity index (χ1v) is 13.7. The maximum absolute atomic E-state index is 5.99.